The second-order valence-electron chi connectivity index (χ2n) is 4.48. The lowest BCUT2D eigenvalue weighted by Crippen LogP contribution is -2.23. The summed E-state index contributed by atoms with van der Waals surface area (Å²) in [5.41, 5.74) is 2.18. The summed E-state index contributed by atoms with van der Waals surface area (Å²) in [4.78, 5) is 3.98. The van der Waals surface area contributed by atoms with Crippen LogP contribution >= 0.6 is 11.6 Å². The molecule has 0 unspecified atom stereocenters. The van der Waals surface area contributed by atoms with E-state index in [4.69, 9.17) is 11.6 Å². The zero-order chi connectivity index (χ0) is 13.0. The highest BCUT2D eigenvalue weighted by Gasteiger charge is 2.06. The number of halogens is 1. The van der Waals surface area contributed by atoms with Crippen molar-refractivity contribution in [1.82, 2.24) is 20.1 Å². The van der Waals surface area contributed by atoms with E-state index in [2.05, 4.69) is 29.2 Å². The van der Waals surface area contributed by atoms with Gasteiger partial charge in [0, 0.05) is 31.2 Å². The Bertz CT molecular complexity index is 507. The van der Waals surface area contributed by atoms with E-state index in [0.717, 1.165) is 17.8 Å². The number of nitrogens with zero attached hydrogens (tertiary/aromatic N) is 3. The van der Waals surface area contributed by atoms with E-state index in [1.54, 1.807) is 12.4 Å². The minimum absolute atomic E-state index is 0.456. The first-order chi connectivity index (χ1) is 8.66. The number of nitrogens with one attached hydrogen (secondary N) is 1. The van der Waals surface area contributed by atoms with Crippen LogP contribution in [0.15, 0.2) is 30.7 Å². The van der Waals surface area contributed by atoms with Crippen molar-refractivity contribution in [3.63, 3.8) is 0 Å². The summed E-state index contributed by atoms with van der Waals surface area (Å²) >= 11 is 6.10. The second kappa shape index (κ2) is 5.98. The Labute approximate surface area is 112 Å². The van der Waals surface area contributed by atoms with Gasteiger partial charge in [0.2, 0.25) is 0 Å². The van der Waals surface area contributed by atoms with Gasteiger partial charge < -0.3 is 5.32 Å². The Morgan fingerprint density at radius 3 is 2.89 bits per heavy atom. The first-order valence-corrected chi connectivity index (χ1v) is 6.37. The zero-order valence-electron chi connectivity index (χ0n) is 10.6. The summed E-state index contributed by atoms with van der Waals surface area (Å²) in [5.74, 6) is 0. The molecule has 2 aromatic rings. The minimum Gasteiger partial charge on any atom is -0.309 e. The van der Waals surface area contributed by atoms with Crippen LogP contribution in [0.1, 0.15) is 25.1 Å². The van der Waals surface area contributed by atoms with Gasteiger partial charge in [-0.15, -0.1) is 0 Å². The molecule has 0 aliphatic rings. The standard InChI is InChI=1S/C13H17ClN4/c1-10(2)16-7-12-4-6-17-18(12)9-11-3-5-15-8-13(11)14/h3-6,8,10,16H,7,9H2,1-2H3. The summed E-state index contributed by atoms with van der Waals surface area (Å²) in [6.45, 7) is 5.73. The summed E-state index contributed by atoms with van der Waals surface area (Å²) in [6.07, 6.45) is 5.22. The van der Waals surface area contributed by atoms with Crippen LogP contribution in [0, 0.1) is 0 Å². The number of hydrogen-bond acceptors (Lipinski definition) is 3. The Balaban J connectivity index is 2.10. The van der Waals surface area contributed by atoms with Crippen molar-refractivity contribution in [2.75, 3.05) is 0 Å². The third-order valence-corrected chi connectivity index (χ3v) is 3.01. The number of pyridine rings is 1. The molecule has 18 heavy (non-hydrogen) atoms. The van der Waals surface area contributed by atoms with Crippen molar-refractivity contribution in [3.8, 4) is 0 Å². The van der Waals surface area contributed by atoms with E-state index in [0.29, 0.717) is 17.6 Å². The van der Waals surface area contributed by atoms with Gasteiger partial charge in [0.25, 0.3) is 0 Å². The molecule has 2 heterocycles. The van der Waals surface area contributed by atoms with Crippen molar-refractivity contribution >= 4 is 11.6 Å². The van der Waals surface area contributed by atoms with E-state index >= 15 is 0 Å². The van der Waals surface area contributed by atoms with Gasteiger partial charge in [0.1, 0.15) is 0 Å². The van der Waals surface area contributed by atoms with Crippen molar-refractivity contribution in [1.29, 1.82) is 0 Å². The molecule has 2 aromatic heterocycles. The van der Waals surface area contributed by atoms with Gasteiger partial charge in [-0.25, -0.2) is 0 Å². The van der Waals surface area contributed by atoms with Crippen LogP contribution in [-0.4, -0.2) is 20.8 Å². The molecule has 0 saturated heterocycles. The smallest absolute Gasteiger partial charge is 0.0678 e. The minimum atomic E-state index is 0.456. The van der Waals surface area contributed by atoms with Crippen molar-refractivity contribution in [3.05, 3.63) is 47.0 Å². The molecule has 0 amide bonds. The Kier molecular flexibility index (Phi) is 4.33. The quantitative estimate of drug-likeness (QED) is 0.902. The van der Waals surface area contributed by atoms with Crippen LogP contribution in [0.25, 0.3) is 0 Å². The predicted octanol–water partition coefficient (Wildman–Crippen LogP) is 2.48. The summed E-state index contributed by atoms with van der Waals surface area (Å²) in [5, 5.41) is 8.39. The van der Waals surface area contributed by atoms with Gasteiger partial charge >= 0.3 is 0 Å². The SMILES string of the molecule is CC(C)NCc1ccnn1Cc1ccncc1Cl. The molecule has 0 atom stereocenters. The van der Waals surface area contributed by atoms with Gasteiger partial charge in [-0.2, -0.15) is 5.10 Å². The van der Waals surface area contributed by atoms with E-state index in [-0.39, 0.29) is 0 Å². The number of hydrogen-bond donors (Lipinski definition) is 1. The molecular formula is C13H17ClN4. The van der Waals surface area contributed by atoms with Gasteiger partial charge in [0.05, 0.1) is 17.3 Å². The average molecular weight is 265 g/mol. The number of aromatic nitrogens is 3. The van der Waals surface area contributed by atoms with Crippen molar-refractivity contribution in [2.24, 2.45) is 0 Å². The fourth-order valence-corrected chi connectivity index (χ4v) is 1.83. The van der Waals surface area contributed by atoms with Crippen LogP contribution in [0.2, 0.25) is 5.02 Å². The fraction of sp³-hybridized carbons (Fsp3) is 0.385. The highest BCUT2D eigenvalue weighted by atomic mass is 35.5. The van der Waals surface area contributed by atoms with Crippen molar-refractivity contribution in [2.45, 2.75) is 33.0 Å². The monoisotopic (exact) mass is 264 g/mol. The maximum Gasteiger partial charge on any atom is 0.0678 e. The first kappa shape index (κ1) is 13.1. The maximum absolute atomic E-state index is 6.10. The lowest BCUT2D eigenvalue weighted by molar-refractivity contribution is 0.547. The maximum atomic E-state index is 6.10. The lowest BCUT2D eigenvalue weighted by atomic mass is 10.2. The third-order valence-electron chi connectivity index (χ3n) is 2.67. The van der Waals surface area contributed by atoms with Gasteiger partial charge in [-0.1, -0.05) is 25.4 Å². The van der Waals surface area contributed by atoms with Crippen LogP contribution < -0.4 is 5.32 Å². The predicted molar refractivity (Wildman–Crippen MR) is 72.6 cm³/mol. The molecule has 0 saturated carbocycles. The average Bonchev–Trinajstić information content (AvgIpc) is 2.77. The van der Waals surface area contributed by atoms with E-state index in [9.17, 15) is 0 Å². The van der Waals surface area contributed by atoms with Crippen LogP contribution in [-0.2, 0) is 13.1 Å². The fourth-order valence-electron chi connectivity index (χ4n) is 1.65. The van der Waals surface area contributed by atoms with Gasteiger partial charge in [-0.3, -0.25) is 9.67 Å². The number of rotatable bonds is 5. The van der Waals surface area contributed by atoms with Crippen LogP contribution in [0.5, 0.6) is 0 Å². The molecule has 2 rings (SSSR count). The molecule has 4 nitrogen and oxygen atoms in total. The molecule has 0 spiro atoms. The largest absolute Gasteiger partial charge is 0.309 e. The van der Waals surface area contributed by atoms with Crippen LogP contribution in [0.3, 0.4) is 0 Å². The Morgan fingerprint density at radius 2 is 2.17 bits per heavy atom. The Morgan fingerprint density at radius 1 is 1.33 bits per heavy atom. The lowest BCUT2D eigenvalue weighted by Gasteiger charge is -2.11. The van der Waals surface area contributed by atoms with Crippen LogP contribution in [0.4, 0.5) is 0 Å². The molecular weight excluding hydrogens is 248 g/mol. The Hall–Kier alpha value is -1.39. The van der Waals surface area contributed by atoms with E-state index < -0.39 is 0 Å². The molecule has 0 bridgehead atoms. The molecule has 0 radical (unpaired) electrons. The van der Waals surface area contributed by atoms with Crippen molar-refractivity contribution < 1.29 is 0 Å². The summed E-state index contributed by atoms with van der Waals surface area (Å²) in [6, 6.07) is 4.39. The topological polar surface area (TPSA) is 42.7 Å². The highest BCUT2D eigenvalue weighted by Crippen LogP contribution is 2.15. The normalized spacial score (nSPS) is 11.1. The molecule has 0 aliphatic carbocycles. The molecule has 1 N–H and O–H groups in total. The second-order valence-corrected chi connectivity index (χ2v) is 4.89. The molecule has 5 heteroatoms. The summed E-state index contributed by atoms with van der Waals surface area (Å²) in [7, 11) is 0. The van der Waals surface area contributed by atoms with E-state index in [1.165, 1.54) is 0 Å². The zero-order valence-corrected chi connectivity index (χ0v) is 11.4. The third kappa shape index (κ3) is 3.31. The highest BCUT2D eigenvalue weighted by molar-refractivity contribution is 6.31. The molecule has 0 aliphatic heterocycles. The van der Waals surface area contributed by atoms with E-state index in [1.807, 2.05) is 23.0 Å². The molecule has 0 aromatic carbocycles. The van der Waals surface area contributed by atoms with Gasteiger partial charge in [-0.05, 0) is 17.7 Å². The molecule has 96 valence electrons. The van der Waals surface area contributed by atoms with Gasteiger partial charge in [0.15, 0.2) is 0 Å². The molecule has 0 fully saturated rings. The summed E-state index contributed by atoms with van der Waals surface area (Å²) < 4.78 is 1.95. The first-order valence-electron chi connectivity index (χ1n) is 5.99.